The minimum absolute atomic E-state index is 0.629. The average Bonchev–Trinajstić information content (AvgIpc) is 2.90. The molecule has 3 rings (SSSR count). The topological polar surface area (TPSA) is 61.7 Å². The molecule has 1 aromatic carbocycles. The number of anilines is 1. The molecule has 2 N–H and O–H groups in total. The molecule has 5 nitrogen and oxygen atoms in total. The van der Waals surface area contributed by atoms with E-state index >= 15 is 0 Å². The van der Waals surface area contributed by atoms with E-state index in [9.17, 15) is 0 Å². The molecule has 0 atom stereocenters. The normalized spacial score (nSPS) is 11.3. The second-order valence-electron chi connectivity index (χ2n) is 4.38. The number of benzene rings is 1. The van der Waals surface area contributed by atoms with Crippen LogP contribution in [0.4, 0.5) is 5.82 Å². The molecule has 0 radical (unpaired) electrons. The second-order valence-corrected chi connectivity index (χ2v) is 5.30. The summed E-state index contributed by atoms with van der Waals surface area (Å²) in [6.07, 6.45) is 1.76. The van der Waals surface area contributed by atoms with Crippen LogP contribution in [-0.2, 0) is 13.6 Å². The van der Waals surface area contributed by atoms with Gasteiger partial charge in [-0.3, -0.25) is 4.68 Å². The van der Waals surface area contributed by atoms with Gasteiger partial charge in [0.15, 0.2) is 0 Å². The first-order chi connectivity index (χ1) is 9.11. The summed E-state index contributed by atoms with van der Waals surface area (Å²) in [5.41, 5.74) is 8.97. The van der Waals surface area contributed by atoms with Crippen LogP contribution in [0, 0.1) is 0 Å². The van der Waals surface area contributed by atoms with Crippen LogP contribution in [0.1, 0.15) is 6.92 Å². The molecule has 98 valence electrons. The molecule has 0 saturated carbocycles. The first kappa shape index (κ1) is 12.2. The highest BCUT2D eigenvalue weighted by molar-refractivity contribution is 9.10. The minimum atomic E-state index is 0.629. The summed E-state index contributed by atoms with van der Waals surface area (Å²) in [5.74, 6) is 1.49. The van der Waals surface area contributed by atoms with E-state index in [4.69, 9.17) is 5.73 Å². The van der Waals surface area contributed by atoms with Gasteiger partial charge < -0.3 is 10.3 Å². The van der Waals surface area contributed by atoms with E-state index in [1.54, 1.807) is 10.9 Å². The highest BCUT2D eigenvalue weighted by Gasteiger charge is 2.16. The molecule has 0 aliphatic heterocycles. The lowest BCUT2D eigenvalue weighted by Crippen LogP contribution is -2.01. The Balaban J connectivity index is 2.31. The fourth-order valence-corrected chi connectivity index (χ4v) is 2.60. The Labute approximate surface area is 119 Å². The van der Waals surface area contributed by atoms with E-state index in [1.807, 2.05) is 19.2 Å². The number of hydrogen-bond acceptors (Lipinski definition) is 3. The number of imidazole rings is 1. The molecule has 0 bridgehead atoms. The molecule has 0 saturated heterocycles. The van der Waals surface area contributed by atoms with Crippen LogP contribution >= 0.6 is 15.9 Å². The summed E-state index contributed by atoms with van der Waals surface area (Å²) in [7, 11) is 1.83. The van der Waals surface area contributed by atoms with Crippen molar-refractivity contribution in [1.29, 1.82) is 0 Å². The standard InChI is InChI=1S/C13H14BrN5/c1-3-19-11-5-4-8(14)6-10(11)17-13(19)9-7-16-18(2)12(9)15/h4-7H,3,15H2,1-2H3. The summed E-state index contributed by atoms with van der Waals surface area (Å²) in [5, 5.41) is 4.18. The number of hydrogen-bond donors (Lipinski definition) is 1. The molecule has 0 unspecified atom stereocenters. The Kier molecular flexibility index (Phi) is 2.82. The largest absolute Gasteiger partial charge is 0.383 e. The van der Waals surface area contributed by atoms with Crippen LogP contribution < -0.4 is 5.73 Å². The van der Waals surface area contributed by atoms with Crippen LogP contribution in [0.2, 0.25) is 0 Å². The van der Waals surface area contributed by atoms with E-state index in [0.29, 0.717) is 5.82 Å². The van der Waals surface area contributed by atoms with Crippen LogP contribution in [-0.4, -0.2) is 19.3 Å². The SMILES string of the molecule is CCn1c(-c2cnn(C)c2N)nc2cc(Br)ccc21. The maximum Gasteiger partial charge on any atom is 0.146 e. The van der Waals surface area contributed by atoms with E-state index < -0.39 is 0 Å². The molecule has 0 fully saturated rings. The van der Waals surface area contributed by atoms with Crippen LogP contribution in [0.15, 0.2) is 28.9 Å². The number of fused-ring (bicyclic) bond motifs is 1. The number of aryl methyl sites for hydroxylation is 2. The maximum absolute atomic E-state index is 6.05. The molecule has 2 aromatic heterocycles. The number of nitrogens with zero attached hydrogens (tertiary/aromatic N) is 4. The highest BCUT2D eigenvalue weighted by atomic mass is 79.9. The van der Waals surface area contributed by atoms with Gasteiger partial charge in [0.1, 0.15) is 11.6 Å². The van der Waals surface area contributed by atoms with E-state index in [0.717, 1.165) is 33.4 Å². The Morgan fingerprint density at radius 1 is 1.37 bits per heavy atom. The van der Waals surface area contributed by atoms with Crippen molar-refractivity contribution in [2.24, 2.45) is 7.05 Å². The van der Waals surface area contributed by atoms with Gasteiger partial charge in [0, 0.05) is 18.1 Å². The zero-order valence-electron chi connectivity index (χ0n) is 10.8. The maximum atomic E-state index is 6.05. The van der Waals surface area contributed by atoms with Crippen LogP contribution in [0.5, 0.6) is 0 Å². The molecule has 0 aliphatic rings. The highest BCUT2D eigenvalue weighted by Crippen LogP contribution is 2.29. The Bertz CT molecular complexity index is 756. The summed E-state index contributed by atoms with van der Waals surface area (Å²) in [6, 6.07) is 6.09. The third-order valence-electron chi connectivity index (χ3n) is 3.25. The second kappa shape index (κ2) is 4.38. The van der Waals surface area contributed by atoms with Gasteiger partial charge in [-0.05, 0) is 25.1 Å². The molecule has 3 aromatic rings. The van der Waals surface area contributed by atoms with Gasteiger partial charge in [0.25, 0.3) is 0 Å². The fraction of sp³-hybridized carbons (Fsp3) is 0.231. The number of aromatic nitrogens is 4. The smallest absolute Gasteiger partial charge is 0.146 e. The van der Waals surface area contributed by atoms with Crippen molar-refractivity contribution in [3.63, 3.8) is 0 Å². The Morgan fingerprint density at radius 2 is 2.16 bits per heavy atom. The third kappa shape index (κ3) is 1.83. The van der Waals surface area contributed by atoms with Crippen molar-refractivity contribution < 1.29 is 0 Å². The number of rotatable bonds is 2. The van der Waals surface area contributed by atoms with Crippen molar-refractivity contribution in [2.75, 3.05) is 5.73 Å². The van der Waals surface area contributed by atoms with Gasteiger partial charge in [-0.15, -0.1) is 0 Å². The molecule has 0 spiro atoms. The molecular weight excluding hydrogens is 306 g/mol. The van der Waals surface area contributed by atoms with Crippen molar-refractivity contribution in [3.8, 4) is 11.4 Å². The Hall–Kier alpha value is -1.82. The average molecular weight is 320 g/mol. The van der Waals surface area contributed by atoms with Crippen molar-refractivity contribution >= 4 is 32.8 Å². The third-order valence-corrected chi connectivity index (χ3v) is 3.75. The van der Waals surface area contributed by atoms with E-state index in [-0.39, 0.29) is 0 Å². The number of halogens is 1. The van der Waals surface area contributed by atoms with E-state index in [1.165, 1.54) is 0 Å². The van der Waals surface area contributed by atoms with Gasteiger partial charge in [0.2, 0.25) is 0 Å². The summed E-state index contributed by atoms with van der Waals surface area (Å²) >= 11 is 3.47. The number of nitrogens with two attached hydrogens (primary N) is 1. The predicted octanol–water partition coefficient (Wildman–Crippen LogP) is 2.80. The predicted molar refractivity (Wildman–Crippen MR) is 79.7 cm³/mol. The molecule has 6 heteroatoms. The van der Waals surface area contributed by atoms with E-state index in [2.05, 4.69) is 43.6 Å². The lowest BCUT2D eigenvalue weighted by Gasteiger charge is -2.05. The molecule has 19 heavy (non-hydrogen) atoms. The summed E-state index contributed by atoms with van der Waals surface area (Å²) in [6.45, 7) is 2.93. The first-order valence-electron chi connectivity index (χ1n) is 6.05. The van der Waals surface area contributed by atoms with Gasteiger partial charge in [0.05, 0.1) is 22.8 Å². The lowest BCUT2D eigenvalue weighted by molar-refractivity contribution is 0.778. The minimum Gasteiger partial charge on any atom is -0.383 e. The van der Waals surface area contributed by atoms with Gasteiger partial charge in [-0.1, -0.05) is 15.9 Å². The quantitative estimate of drug-likeness (QED) is 0.790. The monoisotopic (exact) mass is 319 g/mol. The summed E-state index contributed by atoms with van der Waals surface area (Å²) in [4.78, 5) is 4.69. The molecular formula is C13H14BrN5. The first-order valence-corrected chi connectivity index (χ1v) is 6.84. The van der Waals surface area contributed by atoms with Gasteiger partial charge in [-0.25, -0.2) is 4.98 Å². The van der Waals surface area contributed by atoms with Crippen LogP contribution in [0.3, 0.4) is 0 Å². The number of nitrogen functional groups attached to an aromatic ring is 1. The van der Waals surface area contributed by atoms with Gasteiger partial charge >= 0.3 is 0 Å². The Morgan fingerprint density at radius 3 is 2.79 bits per heavy atom. The molecule has 0 aliphatic carbocycles. The van der Waals surface area contributed by atoms with Crippen molar-refractivity contribution in [3.05, 3.63) is 28.9 Å². The molecule has 0 amide bonds. The van der Waals surface area contributed by atoms with Crippen molar-refractivity contribution in [2.45, 2.75) is 13.5 Å². The van der Waals surface area contributed by atoms with Gasteiger partial charge in [-0.2, -0.15) is 5.10 Å². The fourth-order valence-electron chi connectivity index (χ4n) is 2.25. The van der Waals surface area contributed by atoms with Crippen LogP contribution in [0.25, 0.3) is 22.4 Å². The zero-order valence-corrected chi connectivity index (χ0v) is 12.3. The molecule has 2 heterocycles. The lowest BCUT2D eigenvalue weighted by atomic mass is 10.3. The zero-order chi connectivity index (χ0) is 13.6. The summed E-state index contributed by atoms with van der Waals surface area (Å²) < 4.78 is 4.83. The van der Waals surface area contributed by atoms with Crippen molar-refractivity contribution in [1.82, 2.24) is 19.3 Å².